The minimum Gasteiger partial charge on any atom is -0.274 e. The topological polar surface area (TPSA) is 64.0 Å². The fourth-order valence-corrected chi connectivity index (χ4v) is 5.66. The Balaban J connectivity index is 1.75. The van der Waals surface area contributed by atoms with E-state index < -0.39 is 10.0 Å². The molecule has 4 atom stereocenters. The van der Waals surface area contributed by atoms with Gasteiger partial charge in [-0.1, -0.05) is 6.42 Å². The Kier molecular flexibility index (Phi) is 3.41. The predicted molar refractivity (Wildman–Crippen MR) is 76.7 cm³/mol. The Morgan fingerprint density at radius 2 is 2.15 bits per heavy atom. The normalized spacial score (nSPS) is 30.9. The maximum Gasteiger partial charge on any atom is 0.244 e. The van der Waals surface area contributed by atoms with Gasteiger partial charge >= 0.3 is 0 Å². The van der Waals surface area contributed by atoms with Crippen molar-refractivity contribution in [3.8, 4) is 0 Å². The molecule has 0 radical (unpaired) electrons. The number of hydrogen-bond donors (Lipinski definition) is 1. The molecule has 0 saturated heterocycles. The molecule has 112 valence electrons. The van der Waals surface area contributed by atoms with E-state index in [2.05, 4.69) is 9.82 Å². The second kappa shape index (κ2) is 4.84. The third-order valence-corrected chi connectivity index (χ3v) is 6.70. The van der Waals surface area contributed by atoms with Crippen molar-refractivity contribution in [3.05, 3.63) is 11.9 Å². The molecule has 6 heteroatoms. The van der Waals surface area contributed by atoms with Crippen LogP contribution in [0.5, 0.6) is 0 Å². The summed E-state index contributed by atoms with van der Waals surface area (Å²) in [5.41, 5.74) is 0.556. The molecule has 0 amide bonds. The number of rotatable bonds is 4. The molecule has 0 aromatic carbocycles. The molecule has 2 aliphatic carbocycles. The lowest BCUT2D eigenvalue weighted by Crippen LogP contribution is -2.40. The largest absolute Gasteiger partial charge is 0.274 e. The molecular weight excluding hydrogens is 274 g/mol. The van der Waals surface area contributed by atoms with E-state index in [1.54, 1.807) is 24.9 Å². The van der Waals surface area contributed by atoms with Crippen LogP contribution in [0.4, 0.5) is 0 Å². The summed E-state index contributed by atoms with van der Waals surface area (Å²) >= 11 is 0. The van der Waals surface area contributed by atoms with Crippen LogP contribution in [0.15, 0.2) is 11.1 Å². The average molecular weight is 297 g/mol. The van der Waals surface area contributed by atoms with Gasteiger partial charge in [-0.2, -0.15) is 5.10 Å². The third kappa shape index (κ3) is 2.39. The van der Waals surface area contributed by atoms with E-state index in [4.69, 9.17) is 0 Å². The van der Waals surface area contributed by atoms with Crippen LogP contribution in [0, 0.1) is 24.7 Å². The molecule has 2 bridgehead atoms. The van der Waals surface area contributed by atoms with E-state index in [0.717, 1.165) is 5.92 Å². The van der Waals surface area contributed by atoms with Crippen molar-refractivity contribution in [2.75, 3.05) is 0 Å². The van der Waals surface area contributed by atoms with E-state index in [1.165, 1.54) is 25.7 Å². The van der Waals surface area contributed by atoms with Gasteiger partial charge < -0.3 is 0 Å². The molecule has 0 aliphatic heterocycles. The van der Waals surface area contributed by atoms with E-state index in [9.17, 15) is 8.42 Å². The minimum absolute atomic E-state index is 0.00917. The molecule has 1 N–H and O–H groups in total. The summed E-state index contributed by atoms with van der Waals surface area (Å²) in [4.78, 5) is 0.301. The molecule has 0 spiro atoms. The SMILES string of the molecule is Cc1nn(C)cc1S(=O)(=O)N[C@H](C)[C@@H]1C[C@@H]2CC[C@@H]1C2. The number of nitrogens with one attached hydrogen (secondary N) is 1. The van der Waals surface area contributed by atoms with Gasteiger partial charge in [0.25, 0.3) is 0 Å². The van der Waals surface area contributed by atoms with Crippen molar-refractivity contribution >= 4 is 10.0 Å². The summed E-state index contributed by atoms with van der Waals surface area (Å²) in [6.45, 7) is 3.74. The summed E-state index contributed by atoms with van der Waals surface area (Å²) in [6, 6.07) is 0.00917. The molecular formula is C14H23N3O2S. The van der Waals surface area contributed by atoms with Crippen LogP contribution in [0.2, 0.25) is 0 Å². The Hall–Kier alpha value is -0.880. The third-order valence-electron chi connectivity index (χ3n) is 5.03. The summed E-state index contributed by atoms with van der Waals surface area (Å²) in [5.74, 6) is 2.05. The Morgan fingerprint density at radius 1 is 1.40 bits per heavy atom. The lowest BCUT2D eigenvalue weighted by atomic mass is 9.84. The van der Waals surface area contributed by atoms with Gasteiger partial charge in [0.05, 0.1) is 5.69 Å². The molecule has 1 heterocycles. The van der Waals surface area contributed by atoms with Gasteiger partial charge in [0.2, 0.25) is 10.0 Å². The standard InChI is InChI=1S/C14H23N3O2S/c1-9(13-7-11-4-5-12(13)6-11)16-20(18,19)14-8-17(3)15-10(14)2/h8-9,11-13,16H,4-7H2,1-3H3/t9-,11-,12-,13+/m1/s1. The van der Waals surface area contributed by atoms with Gasteiger partial charge in [0, 0.05) is 19.3 Å². The molecule has 3 rings (SSSR count). The Bertz CT molecular complexity index is 608. The van der Waals surface area contributed by atoms with Crippen LogP contribution in [-0.4, -0.2) is 24.2 Å². The summed E-state index contributed by atoms with van der Waals surface area (Å²) < 4.78 is 29.4. The van der Waals surface area contributed by atoms with Gasteiger partial charge in [0.15, 0.2) is 0 Å². The van der Waals surface area contributed by atoms with Crippen molar-refractivity contribution in [3.63, 3.8) is 0 Å². The molecule has 2 fully saturated rings. The molecule has 20 heavy (non-hydrogen) atoms. The summed E-state index contributed by atoms with van der Waals surface area (Å²) in [7, 11) is -1.72. The Morgan fingerprint density at radius 3 is 2.65 bits per heavy atom. The van der Waals surface area contributed by atoms with Gasteiger partial charge in [-0.25, -0.2) is 13.1 Å². The van der Waals surface area contributed by atoms with E-state index >= 15 is 0 Å². The molecule has 2 aliphatic rings. The zero-order chi connectivity index (χ0) is 14.5. The monoisotopic (exact) mass is 297 g/mol. The number of fused-ring (bicyclic) bond motifs is 2. The maximum absolute atomic E-state index is 12.5. The van der Waals surface area contributed by atoms with Gasteiger partial charge in [0.1, 0.15) is 4.90 Å². The first kappa shape index (κ1) is 14.1. The Labute approximate surface area is 120 Å². The van der Waals surface area contributed by atoms with Crippen LogP contribution < -0.4 is 4.72 Å². The van der Waals surface area contributed by atoms with Gasteiger partial charge in [-0.05, 0) is 50.9 Å². The summed E-state index contributed by atoms with van der Waals surface area (Å²) in [5, 5.41) is 4.12. The smallest absolute Gasteiger partial charge is 0.244 e. The predicted octanol–water partition coefficient (Wildman–Crippen LogP) is 1.83. The summed E-state index contributed by atoms with van der Waals surface area (Å²) in [6.07, 6.45) is 6.66. The number of sulfonamides is 1. The molecule has 0 unspecified atom stereocenters. The van der Waals surface area contributed by atoms with Crippen LogP contribution in [0.25, 0.3) is 0 Å². The fraction of sp³-hybridized carbons (Fsp3) is 0.786. The lowest BCUT2D eigenvalue weighted by Gasteiger charge is -2.28. The molecule has 5 nitrogen and oxygen atoms in total. The van der Waals surface area contributed by atoms with E-state index in [0.29, 0.717) is 22.4 Å². The van der Waals surface area contributed by atoms with Crippen molar-refractivity contribution in [1.29, 1.82) is 0 Å². The number of aryl methyl sites for hydroxylation is 2. The van der Waals surface area contributed by atoms with Crippen LogP contribution in [0.3, 0.4) is 0 Å². The molecule has 1 aromatic rings. The minimum atomic E-state index is -3.46. The molecule has 1 aromatic heterocycles. The van der Waals surface area contributed by atoms with Crippen molar-refractivity contribution in [2.24, 2.45) is 24.8 Å². The molecule has 2 saturated carbocycles. The van der Waals surface area contributed by atoms with Crippen molar-refractivity contribution < 1.29 is 8.42 Å². The van der Waals surface area contributed by atoms with Crippen molar-refractivity contribution in [1.82, 2.24) is 14.5 Å². The van der Waals surface area contributed by atoms with E-state index in [-0.39, 0.29) is 6.04 Å². The van der Waals surface area contributed by atoms with Crippen molar-refractivity contribution in [2.45, 2.75) is 50.5 Å². The fourth-order valence-electron chi connectivity index (χ4n) is 4.14. The highest BCUT2D eigenvalue weighted by molar-refractivity contribution is 7.89. The zero-order valence-corrected chi connectivity index (χ0v) is 13.2. The van der Waals surface area contributed by atoms with Crippen LogP contribution in [0.1, 0.15) is 38.3 Å². The quantitative estimate of drug-likeness (QED) is 0.922. The van der Waals surface area contributed by atoms with Gasteiger partial charge in [-0.3, -0.25) is 4.68 Å². The second-order valence-electron chi connectivity index (χ2n) is 6.50. The first-order valence-corrected chi connectivity index (χ1v) is 8.87. The first-order valence-electron chi connectivity index (χ1n) is 7.39. The highest BCUT2D eigenvalue weighted by Gasteiger charge is 2.42. The van der Waals surface area contributed by atoms with Crippen LogP contribution in [-0.2, 0) is 17.1 Å². The average Bonchev–Trinajstić information content (AvgIpc) is 3.03. The highest BCUT2D eigenvalue weighted by atomic mass is 32.2. The van der Waals surface area contributed by atoms with Crippen LogP contribution >= 0.6 is 0 Å². The van der Waals surface area contributed by atoms with Gasteiger partial charge in [-0.15, -0.1) is 0 Å². The first-order chi connectivity index (χ1) is 9.37. The maximum atomic E-state index is 12.5. The number of nitrogens with zero attached hydrogens (tertiary/aromatic N) is 2. The van der Waals surface area contributed by atoms with E-state index in [1.807, 2.05) is 6.92 Å². The lowest BCUT2D eigenvalue weighted by molar-refractivity contribution is 0.280. The number of hydrogen-bond acceptors (Lipinski definition) is 3. The zero-order valence-electron chi connectivity index (χ0n) is 12.3. The second-order valence-corrected chi connectivity index (χ2v) is 8.18. The number of aromatic nitrogens is 2. The highest BCUT2D eigenvalue weighted by Crippen LogP contribution is 2.49.